The van der Waals surface area contributed by atoms with Crippen LogP contribution in [0, 0.1) is 5.92 Å². The topological polar surface area (TPSA) is 32.3 Å². The Labute approximate surface area is 91.3 Å². The third-order valence-electron chi connectivity index (χ3n) is 3.52. The van der Waals surface area contributed by atoms with E-state index in [2.05, 4.69) is 42.6 Å². The molecular formula is C13H19NO. The average Bonchev–Trinajstić information content (AvgIpc) is 2.29. The zero-order chi connectivity index (χ0) is 10.7. The summed E-state index contributed by atoms with van der Waals surface area (Å²) in [6.45, 7) is 3.24. The predicted molar refractivity (Wildman–Crippen MR) is 61.8 cm³/mol. The minimum Gasteiger partial charge on any atom is -0.395 e. The predicted octanol–water partition coefficient (Wildman–Crippen LogP) is 1.76. The lowest BCUT2D eigenvalue weighted by molar-refractivity contribution is 0.171. The molecule has 2 N–H and O–H groups in total. The van der Waals surface area contributed by atoms with Gasteiger partial charge in [0.2, 0.25) is 0 Å². The highest BCUT2D eigenvalue weighted by Gasteiger charge is 2.37. The van der Waals surface area contributed by atoms with Crippen LogP contribution in [0.1, 0.15) is 24.8 Å². The molecule has 0 spiro atoms. The van der Waals surface area contributed by atoms with Crippen molar-refractivity contribution < 1.29 is 5.11 Å². The van der Waals surface area contributed by atoms with Crippen LogP contribution in [0.2, 0.25) is 0 Å². The molecule has 3 atom stereocenters. The molecule has 0 amide bonds. The molecule has 1 aromatic carbocycles. The van der Waals surface area contributed by atoms with Gasteiger partial charge in [-0.25, -0.2) is 0 Å². The van der Waals surface area contributed by atoms with Gasteiger partial charge in [0.25, 0.3) is 0 Å². The van der Waals surface area contributed by atoms with Crippen LogP contribution < -0.4 is 5.32 Å². The molecule has 1 fully saturated rings. The van der Waals surface area contributed by atoms with Crippen LogP contribution in [-0.2, 0) is 0 Å². The van der Waals surface area contributed by atoms with Crippen molar-refractivity contribution in [2.45, 2.75) is 25.3 Å². The highest BCUT2D eigenvalue weighted by atomic mass is 16.3. The van der Waals surface area contributed by atoms with Gasteiger partial charge in [-0.15, -0.1) is 0 Å². The first-order valence-corrected chi connectivity index (χ1v) is 5.72. The monoisotopic (exact) mass is 205 g/mol. The van der Waals surface area contributed by atoms with Gasteiger partial charge in [-0.2, -0.15) is 0 Å². The summed E-state index contributed by atoms with van der Waals surface area (Å²) >= 11 is 0. The zero-order valence-electron chi connectivity index (χ0n) is 9.19. The third-order valence-corrected chi connectivity index (χ3v) is 3.52. The highest BCUT2D eigenvalue weighted by molar-refractivity contribution is 5.24. The smallest absolute Gasteiger partial charge is 0.0556 e. The molecule has 0 saturated heterocycles. The molecule has 0 bridgehead atoms. The Balaban J connectivity index is 1.89. The summed E-state index contributed by atoms with van der Waals surface area (Å²) in [5.41, 5.74) is 1.45. The summed E-state index contributed by atoms with van der Waals surface area (Å²) < 4.78 is 0. The molecule has 2 rings (SSSR count). The second-order valence-electron chi connectivity index (χ2n) is 4.40. The van der Waals surface area contributed by atoms with E-state index in [-0.39, 0.29) is 6.61 Å². The van der Waals surface area contributed by atoms with Crippen LogP contribution in [0.3, 0.4) is 0 Å². The van der Waals surface area contributed by atoms with Crippen LogP contribution in [0.5, 0.6) is 0 Å². The number of nitrogens with one attached hydrogen (secondary N) is 1. The molecule has 1 aromatic rings. The minimum absolute atomic E-state index is 0.235. The minimum atomic E-state index is 0.235. The summed E-state index contributed by atoms with van der Waals surface area (Å²) in [4.78, 5) is 0. The van der Waals surface area contributed by atoms with E-state index < -0.39 is 0 Å². The molecule has 0 radical (unpaired) electrons. The Morgan fingerprint density at radius 1 is 1.33 bits per heavy atom. The first-order chi connectivity index (χ1) is 7.33. The number of hydrogen-bond donors (Lipinski definition) is 2. The van der Waals surface area contributed by atoms with Gasteiger partial charge in [-0.1, -0.05) is 37.3 Å². The van der Waals surface area contributed by atoms with E-state index in [4.69, 9.17) is 5.11 Å². The SMILES string of the molecule is C[C@@H]1[C@@H](NCCO)C[C@@H]1c1ccccc1. The van der Waals surface area contributed by atoms with Gasteiger partial charge in [0.15, 0.2) is 0 Å². The third kappa shape index (κ3) is 2.21. The molecule has 2 nitrogen and oxygen atoms in total. The molecule has 0 aliphatic heterocycles. The van der Waals surface area contributed by atoms with E-state index in [1.807, 2.05) is 0 Å². The van der Waals surface area contributed by atoms with Crippen molar-refractivity contribution in [2.24, 2.45) is 5.92 Å². The summed E-state index contributed by atoms with van der Waals surface area (Å²) in [6.07, 6.45) is 1.20. The largest absolute Gasteiger partial charge is 0.395 e. The van der Waals surface area contributed by atoms with Crippen LogP contribution in [0.25, 0.3) is 0 Å². The van der Waals surface area contributed by atoms with Gasteiger partial charge in [0.1, 0.15) is 0 Å². The van der Waals surface area contributed by atoms with Gasteiger partial charge in [0, 0.05) is 12.6 Å². The van der Waals surface area contributed by atoms with E-state index >= 15 is 0 Å². The van der Waals surface area contributed by atoms with Crippen molar-refractivity contribution in [3.63, 3.8) is 0 Å². The maximum Gasteiger partial charge on any atom is 0.0556 e. The molecule has 1 aliphatic rings. The zero-order valence-corrected chi connectivity index (χ0v) is 9.19. The first kappa shape index (κ1) is 10.7. The molecule has 1 aliphatic carbocycles. The van der Waals surface area contributed by atoms with Crippen LogP contribution >= 0.6 is 0 Å². The quantitative estimate of drug-likeness (QED) is 0.785. The number of benzene rings is 1. The van der Waals surface area contributed by atoms with Crippen molar-refractivity contribution in [2.75, 3.05) is 13.2 Å². The molecular weight excluding hydrogens is 186 g/mol. The van der Waals surface area contributed by atoms with Gasteiger partial charge in [0.05, 0.1) is 6.61 Å². The molecule has 82 valence electrons. The summed E-state index contributed by atoms with van der Waals surface area (Å²) in [6, 6.07) is 11.3. The van der Waals surface area contributed by atoms with E-state index in [9.17, 15) is 0 Å². The normalized spacial score (nSPS) is 29.9. The molecule has 2 heteroatoms. The fraction of sp³-hybridized carbons (Fsp3) is 0.538. The van der Waals surface area contributed by atoms with Crippen LogP contribution in [0.4, 0.5) is 0 Å². The number of hydrogen-bond acceptors (Lipinski definition) is 2. The number of aliphatic hydroxyl groups is 1. The number of aliphatic hydroxyl groups excluding tert-OH is 1. The lowest BCUT2D eigenvalue weighted by atomic mass is 9.67. The van der Waals surface area contributed by atoms with Crippen molar-refractivity contribution in [3.8, 4) is 0 Å². The van der Waals surface area contributed by atoms with Crippen molar-refractivity contribution in [1.29, 1.82) is 0 Å². The van der Waals surface area contributed by atoms with Gasteiger partial charge in [-0.3, -0.25) is 0 Å². The number of rotatable bonds is 4. The maximum absolute atomic E-state index is 8.74. The fourth-order valence-corrected chi connectivity index (χ4v) is 2.45. The summed E-state index contributed by atoms with van der Waals surface area (Å²) in [5.74, 6) is 1.38. The highest BCUT2D eigenvalue weighted by Crippen LogP contribution is 2.42. The molecule has 0 aromatic heterocycles. The van der Waals surface area contributed by atoms with Gasteiger partial charge in [-0.05, 0) is 23.8 Å². The Hall–Kier alpha value is -0.860. The molecule has 0 unspecified atom stereocenters. The Morgan fingerprint density at radius 3 is 2.67 bits per heavy atom. The van der Waals surface area contributed by atoms with E-state index in [1.54, 1.807) is 0 Å². The van der Waals surface area contributed by atoms with E-state index in [0.29, 0.717) is 17.9 Å². The van der Waals surface area contributed by atoms with Crippen molar-refractivity contribution in [3.05, 3.63) is 35.9 Å². The lowest BCUT2D eigenvalue weighted by Gasteiger charge is -2.43. The Kier molecular flexibility index (Phi) is 3.39. The summed E-state index contributed by atoms with van der Waals surface area (Å²) in [7, 11) is 0. The second-order valence-corrected chi connectivity index (χ2v) is 4.40. The first-order valence-electron chi connectivity index (χ1n) is 5.72. The van der Waals surface area contributed by atoms with Crippen LogP contribution in [0.15, 0.2) is 30.3 Å². The fourth-order valence-electron chi connectivity index (χ4n) is 2.45. The Bertz CT molecular complexity index is 299. The summed E-state index contributed by atoms with van der Waals surface area (Å²) in [5, 5.41) is 12.1. The second kappa shape index (κ2) is 4.77. The maximum atomic E-state index is 8.74. The van der Waals surface area contributed by atoms with Crippen molar-refractivity contribution >= 4 is 0 Å². The van der Waals surface area contributed by atoms with Crippen molar-refractivity contribution in [1.82, 2.24) is 5.32 Å². The standard InChI is InChI=1S/C13H19NO/c1-10-12(9-13(10)14-7-8-15)11-5-3-2-4-6-11/h2-6,10,12-15H,7-9H2,1H3/t10-,12-,13-/m0/s1. The van der Waals surface area contributed by atoms with E-state index in [1.165, 1.54) is 12.0 Å². The van der Waals surface area contributed by atoms with Gasteiger partial charge < -0.3 is 10.4 Å². The average molecular weight is 205 g/mol. The molecule has 1 saturated carbocycles. The Morgan fingerprint density at radius 2 is 2.07 bits per heavy atom. The van der Waals surface area contributed by atoms with Gasteiger partial charge >= 0.3 is 0 Å². The van der Waals surface area contributed by atoms with E-state index in [0.717, 1.165) is 6.54 Å². The molecule has 15 heavy (non-hydrogen) atoms. The molecule has 0 heterocycles. The van der Waals surface area contributed by atoms with Crippen LogP contribution in [-0.4, -0.2) is 24.3 Å². The lowest BCUT2D eigenvalue weighted by Crippen LogP contribution is -2.48.